The van der Waals surface area contributed by atoms with Gasteiger partial charge in [0.25, 0.3) is 0 Å². The highest BCUT2D eigenvalue weighted by Gasteiger charge is 2.40. The number of terminal acetylenes is 1. The van der Waals surface area contributed by atoms with Gasteiger partial charge in [-0.15, -0.1) is 12.3 Å². The molecule has 1 fully saturated rings. The van der Waals surface area contributed by atoms with E-state index >= 15 is 0 Å². The molecule has 1 aliphatic rings. The molecule has 1 saturated heterocycles. The number of hydrogen-bond acceptors (Lipinski definition) is 4. The first-order valence-electron chi connectivity index (χ1n) is 7.84. The summed E-state index contributed by atoms with van der Waals surface area (Å²) in [6.45, 7) is 12.2. The number of ether oxygens (including phenoxy) is 2. The standard InChI is InChI=1S/C17H28N2O4/c1-8-9-10-19(15(21)23-17(5,6)7)13-11-18(12-13)14(20)22-16(2,3)4/h1,13H,9-12H2,2-7H3. The lowest BCUT2D eigenvalue weighted by molar-refractivity contribution is -0.0281. The Morgan fingerprint density at radius 2 is 1.65 bits per heavy atom. The highest BCUT2D eigenvalue weighted by molar-refractivity contribution is 5.72. The summed E-state index contributed by atoms with van der Waals surface area (Å²) in [6, 6.07) is -0.0919. The molecule has 0 N–H and O–H groups in total. The number of nitrogens with zero attached hydrogens (tertiary/aromatic N) is 2. The van der Waals surface area contributed by atoms with Crippen molar-refractivity contribution in [1.82, 2.24) is 9.80 Å². The lowest BCUT2D eigenvalue weighted by atomic mass is 10.1. The number of rotatable bonds is 3. The molecule has 6 nitrogen and oxygen atoms in total. The van der Waals surface area contributed by atoms with Crippen LogP contribution in [0.4, 0.5) is 9.59 Å². The maximum atomic E-state index is 12.3. The van der Waals surface area contributed by atoms with Crippen molar-refractivity contribution >= 4 is 12.2 Å². The summed E-state index contributed by atoms with van der Waals surface area (Å²) in [5.41, 5.74) is -1.10. The summed E-state index contributed by atoms with van der Waals surface area (Å²) in [5, 5.41) is 0. The molecule has 1 rings (SSSR count). The van der Waals surface area contributed by atoms with Gasteiger partial charge in [0.1, 0.15) is 11.2 Å². The van der Waals surface area contributed by atoms with Crippen LogP contribution < -0.4 is 0 Å². The first-order chi connectivity index (χ1) is 10.4. The second-order valence-corrected chi connectivity index (χ2v) is 7.67. The van der Waals surface area contributed by atoms with Gasteiger partial charge < -0.3 is 19.3 Å². The van der Waals surface area contributed by atoms with E-state index in [0.29, 0.717) is 26.1 Å². The van der Waals surface area contributed by atoms with Crippen molar-refractivity contribution in [3.8, 4) is 12.3 Å². The van der Waals surface area contributed by atoms with Gasteiger partial charge in [-0.1, -0.05) is 0 Å². The molecule has 0 bridgehead atoms. The van der Waals surface area contributed by atoms with E-state index in [0.717, 1.165) is 0 Å². The molecule has 0 aromatic carbocycles. The molecule has 0 spiro atoms. The highest BCUT2D eigenvalue weighted by atomic mass is 16.6. The van der Waals surface area contributed by atoms with Gasteiger partial charge in [0, 0.05) is 26.1 Å². The van der Waals surface area contributed by atoms with Gasteiger partial charge >= 0.3 is 12.2 Å². The van der Waals surface area contributed by atoms with E-state index in [1.165, 1.54) is 0 Å². The first kappa shape index (κ1) is 19.1. The van der Waals surface area contributed by atoms with Crippen molar-refractivity contribution in [1.29, 1.82) is 0 Å². The summed E-state index contributed by atoms with van der Waals surface area (Å²) in [6.07, 6.45) is 4.97. The van der Waals surface area contributed by atoms with Crippen molar-refractivity contribution in [2.24, 2.45) is 0 Å². The van der Waals surface area contributed by atoms with Crippen LogP contribution in [0.2, 0.25) is 0 Å². The van der Waals surface area contributed by atoms with Crippen LogP contribution in [0.5, 0.6) is 0 Å². The quantitative estimate of drug-likeness (QED) is 0.749. The summed E-state index contributed by atoms with van der Waals surface area (Å²) in [4.78, 5) is 27.4. The van der Waals surface area contributed by atoms with Gasteiger partial charge in [-0.05, 0) is 41.5 Å². The molecular weight excluding hydrogens is 296 g/mol. The summed E-state index contributed by atoms with van der Waals surface area (Å²) >= 11 is 0. The molecule has 130 valence electrons. The van der Waals surface area contributed by atoms with Crippen LogP contribution in [-0.2, 0) is 9.47 Å². The zero-order valence-corrected chi connectivity index (χ0v) is 15.0. The molecule has 0 saturated carbocycles. The molecule has 0 aromatic heterocycles. The number of hydrogen-bond donors (Lipinski definition) is 0. The Morgan fingerprint density at radius 3 is 2.09 bits per heavy atom. The molecular formula is C17H28N2O4. The minimum Gasteiger partial charge on any atom is -0.444 e. The van der Waals surface area contributed by atoms with Crippen molar-refractivity contribution in [2.75, 3.05) is 19.6 Å². The van der Waals surface area contributed by atoms with Crippen molar-refractivity contribution in [2.45, 2.75) is 65.2 Å². The predicted molar refractivity (Wildman–Crippen MR) is 88.0 cm³/mol. The normalized spacial score (nSPS) is 15.4. The second kappa shape index (κ2) is 7.12. The molecule has 1 heterocycles. The summed E-state index contributed by atoms with van der Waals surface area (Å²) in [7, 11) is 0. The van der Waals surface area contributed by atoms with Crippen molar-refractivity contribution in [3.63, 3.8) is 0 Å². The third-order valence-electron chi connectivity index (χ3n) is 3.08. The maximum Gasteiger partial charge on any atom is 0.410 e. The Kier molecular flexibility index (Phi) is 5.92. The SMILES string of the molecule is C#CCCN(C(=O)OC(C)(C)C)C1CN(C(=O)OC(C)(C)C)C1. The van der Waals surface area contributed by atoms with Crippen molar-refractivity contribution in [3.05, 3.63) is 0 Å². The number of carbonyl (C=O) groups is 2. The van der Waals surface area contributed by atoms with E-state index in [9.17, 15) is 9.59 Å². The highest BCUT2D eigenvalue weighted by Crippen LogP contribution is 2.21. The van der Waals surface area contributed by atoms with Gasteiger partial charge in [0.15, 0.2) is 0 Å². The van der Waals surface area contributed by atoms with E-state index in [1.54, 1.807) is 9.80 Å². The Morgan fingerprint density at radius 1 is 1.13 bits per heavy atom. The van der Waals surface area contributed by atoms with Gasteiger partial charge in [-0.25, -0.2) is 9.59 Å². The molecule has 0 aromatic rings. The van der Waals surface area contributed by atoms with Crippen LogP contribution in [0, 0.1) is 12.3 Å². The molecule has 0 radical (unpaired) electrons. The smallest absolute Gasteiger partial charge is 0.410 e. The monoisotopic (exact) mass is 324 g/mol. The second-order valence-electron chi connectivity index (χ2n) is 7.67. The fraction of sp³-hybridized carbons (Fsp3) is 0.765. The number of carbonyl (C=O) groups excluding carboxylic acids is 2. The van der Waals surface area contributed by atoms with Crippen molar-refractivity contribution < 1.29 is 19.1 Å². The minimum absolute atomic E-state index is 0.0919. The van der Waals surface area contributed by atoms with E-state index in [1.807, 2.05) is 41.5 Å². The average Bonchev–Trinajstić information content (AvgIpc) is 2.26. The maximum absolute atomic E-state index is 12.3. The van der Waals surface area contributed by atoms with Gasteiger partial charge in [0.05, 0.1) is 6.04 Å². The predicted octanol–water partition coefficient (Wildman–Crippen LogP) is 2.87. The average molecular weight is 324 g/mol. The molecule has 0 atom stereocenters. The van der Waals surface area contributed by atoms with Crippen LogP contribution in [0.25, 0.3) is 0 Å². The summed E-state index contributed by atoms with van der Waals surface area (Å²) in [5.74, 6) is 2.53. The van der Waals surface area contributed by atoms with Crippen LogP contribution in [-0.4, -0.2) is 58.9 Å². The van der Waals surface area contributed by atoms with E-state index in [4.69, 9.17) is 15.9 Å². The molecule has 23 heavy (non-hydrogen) atoms. The lowest BCUT2D eigenvalue weighted by Gasteiger charge is -2.45. The molecule has 0 unspecified atom stereocenters. The zero-order valence-electron chi connectivity index (χ0n) is 15.0. The third-order valence-corrected chi connectivity index (χ3v) is 3.08. The molecule has 0 aliphatic carbocycles. The van der Waals surface area contributed by atoms with Gasteiger partial charge in [-0.2, -0.15) is 0 Å². The topological polar surface area (TPSA) is 59.1 Å². The van der Waals surface area contributed by atoms with Crippen LogP contribution in [0.3, 0.4) is 0 Å². The Labute approximate surface area is 139 Å². The molecule has 6 heteroatoms. The van der Waals surface area contributed by atoms with E-state index in [-0.39, 0.29) is 12.1 Å². The number of amides is 2. The largest absolute Gasteiger partial charge is 0.444 e. The first-order valence-corrected chi connectivity index (χ1v) is 7.84. The Balaban J connectivity index is 2.61. The third kappa shape index (κ3) is 6.39. The van der Waals surface area contributed by atoms with Crippen LogP contribution >= 0.6 is 0 Å². The van der Waals surface area contributed by atoms with Crippen LogP contribution in [0.1, 0.15) is 48.0 Å². The van der Waals surface area contributed by atoms with Crippen LogP contribution in [0.15, 0.2) is 0 Å². The molecule has 2 amide bonds. The summed E-state index contributed by atoms with van der Waals surface area (Å²) < 4.78 is 10.7. The van der Waals surface area contributed by atoms with E-state index in [2.05, 4.69) is 5.92 Å². The van der Waals surface area contributed by atoms with E-state index < -0.39 is 17.3 Å². The lowest BCUT2D eigenvalue weighted by Crippen LogP contribution is -2.63. The Hall–Kier alpha value is -1.90. The fourth-order valence-electron chi connectivity index (χ4n) is 2.06. The van der Waals surface area contributed by atoms with Gasteiger partial charge in [-0.3, -0.25) is 0 Å². The minimum atomic E-state index is -0.569. The number of likely N-dealkylation sites (tertiary alicyclic amines) is 1. The fourth-order valence-corrected chi connectivity index (χ4v) is 2.06. The molecule has 1 aliphatic heterocycles. The van der Waals surface area contributed by atoms with Gasteiger partial charge in [0.2, 0.25) is 0 Å². The zero-order chi connectivity index (χ0) is 17.8. The Bertz CT molecular complexity index is 476.